The van der Waals surface area contributed by atoms with Crippen LogP contribution >= 0.6 is 0 Å². The Bertz CT molecular complexity index is 639. The van der Waals surface area contributed by atoms with Crippen molar-refractivity contribution in [3.63, 3.8) is 0 Å². The number of aliphatic imine (C=N–C) groups is 1. The summed E-state index contributed by atoms with van der Waals surface area (Å²) in [5.41, 5.74) is 6.75. The zero-order valence-corrected chi connectivity index (χ0v) is 10.7. The van der Waals surface area contributed by atoms with Gasteiger partial charge in [0.05, 0.1) is 0 Å². The molecule has 0 radical (unpaired) electrons. The van der Waals surface area contributed by atoms with E-state index < -0.39 is 0 Å². The molecule has 0 amide bonds. The number of nitrogens with zero attached hydrogens (tertiary/aromatic N) is 1. The van der Waals surface area contributed by atoms with Crippen molar-refractivity contribution in [2.45, 2.75) is 6.61 Å². The van der Waals surface area contributed by atoms with Crippen LogP contribution in [0.5, 0.6) is 0 Å². The molecule has 0 unspecified atom stereocenters. The summed E-state index contributed by atoms with van der Waals surface area (Å²) in [6, 6.07) is 14.3. The highest BCUT2D eigenvalue weighted by Gasteiger charge is 2.03. The Morgan fingerprint density at radius 3 is 2.68 bits per heavy atom. The monoisotopic (exact) mass is 252 g/mol. The Morgan fingerprint density at radius 2 is 1.95 bits per heavy atom. The van der Waals surface area contributed by atoms with E-state index in [-0.39, 0.29) is 5.82 Å². The molecule has 0 bridgehead atoms. The Balaban J connectivity index is 2.27. The fraction of sp³-hybridized carbons (Fsp3) is 0.0625. The number of ether oxygens (including phenoxy) is 1. The molecular weight excluding hydrogens is 236 g/mol. The normalized spacial score (nSPS) is 11.8. The molecule has 2 rings (SSSR count). The highest BCUT2D eigenvalue weighted by atomic mass is 16.5. The van der Waals surface area contributed by atoms with E-state index in [2.05, 4.69) is 36.5 Å². The predicted octanol–water partition coefficient (Wildman–Crippen LogP) is 3.37. The quantitative estimate of drug-likeness (QED) is 0.504. The van der Waals surface area contributed by atoms with Gasteiger partial charge in [0.1, 0.15) is 6.61 Å². The van der Waals surface area contributed by atoms with E-state index >= 15 is 0 Å². The maximum absolute atomic E-state index is 5.66. The van der Waals surface area contributed by atoms with Gasteiger partial charge in [-0.3, -0.25) is 0 Å². The van der Waals surface area contributed by atoms with Crippen molar-refractivity contribution in [1.82, 2.24) is 0 Å². The van der Waals surface area contributed by atoms with Crippen molar-refractivity contribution in [3.8, 4) is 0 Å². The van der Waals surface area contributed by atoms with E-state index in [1.54, 1.807) is 0 Å². The summed E-state index contributed by atoms with van der Waals surface area (Å²) < 4.78 is 5.64. The van der Waals surface area contributed by atoms with E-state index in [4.69, 9.17) is 10.5 Å². The lowest BCUT2D eigenvalue weighted by Crippen LogP contribution is -2.02. The minimum absolute atomic E-state index is 0.246. The first-order valence-electron chi connectivity index (χ1n) is 5.94. The Hall–Kier alpha value is -2.55. The van der Waals surface area contributed by atoms with Crippen LogP contribution < -0.4 is 5.73 Å². The number of hydrogen-bond donors (Lipinski definition) is 1. The van der Waals surface area contributed by atoms with Crippen molar-refractivity contribution >= 4 is 17.5 Å². The average Bonchev–Trinajstić information content (AvgIpc) is 2.47. The zero-order chi connectivity index (χ0) is 13.7. The van der Waals surface area contributed by atoms with Crippen LogP contribution in [0.15, 0.2) is 71.7 Å². The van der Waals surface area contributed by atoms with Gasteiger partial charge in [0, 0.05) is 0 Å². The molecular formula is C16H16N2O. The lowest BCUT2D eigenvalue weighted by molar-refractivity contribution is 0.208. The minimum atomic E-state index is 0.246. The molecule has 0 saturated heterocycles. The van der Waals surface area contributed by atoms with E-state index in [0.29, 0.717) is 12.4 Å². The number of rotatable bonds is 5. The van der Waals surface area contributed by atoms with Gasteiger partial charge >= 0.3 is 0 Å². The van der Waals surface area contributed by atoms with Crippen molar-refractivity contribution < 1.29 is 4.74 Å². The van der Waals surface area contributed by atoms with E-state index in [9.17, 15) is 0 Å². The molecule has 2 N–H and O–H groups in total. The van der Waals surface area contributed by atoms with Gasteiger partial charge in [-0.2, -0.15) is 0 Å². The second-order valence-corrected chi connectivity index (χ2v) is 4.04. The van der Waals surface area contributed by atoms with Crippen molar-refractivity contribution in [2.24, 2.45) is 10.7 Å². The van der Waals surface area contributed by atoms with Gasteiger partial charge in [-0.25, -0.2) is 4.99 Å². The third-order valence-electron chi connectivity index (χ3n) is 2.87. The van der Waals surface area contributed by atoms with Crippen molar-refractivity contribution in [2.75, 3.05) is 0 Å². The SMILES string of the molecule is C=C/C(OCc1cccc2ccccc12)=C(/N)N=C. The van der Waals surface area contributed by atoms with Crippen molar-refractivity contribution in [3.05, 3.63) is 72.3 Å². The van der Waals surface area contributed by atoms with Crippen LogP contribution in [0.2, 0.25) is 0 Å². The first kappa shape index (κ1) is 12.9. The number of allylic oxidation sites excluding steroid dienone is 1. The van der Waals surface area contributed by atoms with Gasteiger partial charge in [-0.15, -0.1) is 0 Å². The summed E-state index contributed by atoms with van der Waals surface area (Å²) in [5, 5.41) is 2.35. The van der Waals surface area contributed by atoms with Gasteiger partial charge in [0.2, 0.25) is 0 Å². The van der Waals surface area contributed by atoms with Crippen LogP contribution in [0.3, 0.4) is 0 Å². The summed E-state index contributed by atoms with van der Waals surface area (Å²) in [6.45, 7) is 7.44. The van der Waals surface area contributed by atoms with Crippen LogP contribution in [0.4, 0.5) is 0 Å². The number of fused-ring (bicyclic) bond motifs is 1. The summed E-state index contributed by atoms with van der Waals surface area (Å²) in [5.74, 6) is 0.693. The molecule has 0 aliphatic heterocycles. The highest BCUT2D eigenvalue weighted by Crippen LogP contribution is 2.20. The fourth-order valence-electron chi connectivity index (χ4n) is 1.89. The summed E-state index contributed by atoms with van der Waals surface area (Å²) in [6.07, 6.45) is 1.54. The zero-order valence-electron chi connectivity index (χ0n) is 10.7. The number of benzene rings is 2. The molecule has 0 aliphatic rings. The molecule has 0 aromatic heterocycles. The molecule has 0 spiro atoms. The second-order valence-electron chi connectivity index (χ2n) is 4.04. The van der Waals surface area contributed by atoms with E-state index in [1.165, 1.54) is 16.8 Å². The molecule has 2 aromatic carbocycles. The molecule has 0 saturated carbocycles. The average molecular weight is 252 g/mol. The maximum atomic E-state index is 5.66. The maximum Gasteiger partial charge on any atom is 0.165 e. The number of nitrogens with two attached hydrogens (primary N) is 1. The van der Waals surface area contributed by atoms with Crippen LogP contribution in [-0.2, 0) is 11.3 Å². The Morgan fingerprint density at radius 1 is 1.21 bits per heavy atom. The summed E-state index contributed by atoms with van der Waals surface area (Å²) in [4.78, 5) is 3.65. The third-order valence-corrected chi connectivity index (χ3v) is 2.87. The molecule has 0 fully saturated rings. The van der Waals surface area contributed by atoms with Gasteiger partial charge in [-0.05, 0) is 29.1 Å². The standard InChI is InChI=1S/C16H16N2O/c1-3-15(16(17)18-2)19-11-13-9-6-8-12-7-4-5-10-14(12)13/h3-10H,1-2,11,17H2/b16-15+. The van der Waals surface area contributed by atoms with E-state index in [1.807, 2.05) is 24.3 Å². The molecule has 96 valence electrons. The van der Waals surface area contributed by atoms with Crippen LogP contribution in [-0.4, -0.2) is 6.72 Å². The van der Waals surface area contributed by atoms with Gasteiger partial charge in [0.15, 0.2) is 11.6 Å². The van der Waals surface area contributed by atoms with Gasteiger partial charge < -0.3 is 10.5 Å². The highest BCUT2D eigenvalue weighted by molar-refractivity contribution is 5.85. The Kier molecular flexibility index (Phi) is 3.98. The van der Waals surface area contributed by atoms with Crippen LogP contribution in [0, 0.1) is 0 Å². The second kappa shape index (κ2) is 5.87. The van der Waals surface area contributed by atoms with Crippen LogP contribution in [0.25, 0.3) is 10.8 Å². The molecule has 19 heavy (non-hydrogen) atoms. The molecule has 3 heteroatoms. The van der Waals surface area contributed by atoms with E-state index in [0.717, 1.165) is 5.56 Å². The topological polar surface area (TPSA) is 47.6 Å². The molecule has 0 atom stereocenters. The van der Waals surface area contributed by atoms with Gasteiger partial charge in [0.25, 0.3) is 0 Å². The predicted molar refractivity (Wildman–Crippen MR) is 79.7 cm³/mol. The largest absolute Gasteiger partial charge is 0.485 e. The van der Waals surface area contributed by atoms with Crippen LogP contribution in [0.1, 0.15) is 5.56 Å². The minimum Gasteiger partial charge on any atom is -0.485 e. The molecule has 0 aliphatic carbocycles. The lowest BCUT2D eigenvalue weighted by Gasteiger charge is -2.10. The smallest absolute Gasteiger partial charge is 0.165 e. The summed E-state index contributed by atoms with van der Waals surface area (Å²) >= 11 is 0. The van der Waals surface area contributed by atoms with Gasteiger partial charge in [-0.1, -0.05) is 49.0 Å². The van der Waals surface area contributed by atoms with Crippen molar-refractivity contribution in [1.29, 1.82) is 0 Å². The molecule has 3 nitrogen and oxygen atoms in total. The Labute approximate surface area is 112 Å². The lowest BCUT2D eigenvalue weighted by atomic mass is 10.1. The first-order chi connectivity index (χ1) is 9.26. The third kappa shape index (κ3) is 2.83. The fourth-order valence-corrected chi connectivity index (χ4v) is 1.89. The number of hydrogen-bond acceptors (Lipinski definition) is 3. The molecule has 0 heterocycles. The summed E-state index contributed by atoms with van der Waals surface area (Å²) in [7, 11) is 0. The molecule has 2 aromatic rings. The first-order valence-corrected chi connectivity index (χ1v) is 5.94.